The number of imidazole rings is 1. The maximum Gasteiger partial charge on any atom is 0.123 e. The maximum absolute atomic E-state index is 13.1. The van der Waals surface area contributed by atoms with Crippen LogP contribution >= 0.6 is 11.3 Å². The number of hydrogen-bond donors (Lipinski definition) is 0. The second kappa shape index (κ2) is 7.06. The molecule has 0 spiro atoms. The zero-order chi connectivity index (χ0) is 17.2. The largest absolute Gasteiger partial charge is 0.338 e. The number of benzene rings is 1. The summed E-state index contributed by atoms with van der Waals surface area (Å²) in [6, 6.07) is 6.53. The number of hydrogen-bond acceptors (Lipinski definition) is 4. The highest BCUT2D eigenvalue weighted by molar-refractivity contribution is 7.09. The van der Waals surface area contributed by atoms with Crippen molar-refractivity contribution in [2.24, 2.45) is 7.05 Å². The Balaban J connectivity index is 1.44. The van der Waals surface area contributed by atoms with Gasteiger partial charge < -0.3 is 4.57 Å². The first-order valence-corrected chi connectivity index (χ1v) is 9.47. The minimum atomic E-state index is -0.215. The predicted octanol–water partition coefficient (Wildman–Crippen LogP) is 4.06. The fourth-order valence-electron chi connectivity index (χ4n) is 3.51. The van der Waals surface area contributed by atoms with Crippen molar-refractivity contribution in [1.82, 2.24) is 19.4 Å². The molecule has 1 aliphatic rings. The predicted molar refractivity (Wildman–Crippen MR) is 98.0 cm³/mol. The molecule has 1 aliphatic heterocycles. The normalized spacial score (nSPS) is 18.6. The summed E-state index contributed by atoms with van der Waals surface area (Å²) in [5.41, 5.74) is 1.89. The molecule has 130 valence electrons. The van der Waals surface area contributed by atoms with Gasteiger partial charge in [-0.25, -0.2) is 14.4 Å². The van der Waals surface area contributed by atoms with Crippen molar-refractivity contribution in [3.63, 3.8) is 0 Å². The third kappa shape index (κ3) is 3.65. The monoisotopic (exact) mass is 356 g/mol. The lowest BCUT2D eigenvalue weighted by molar-refractivity contribution is 0.195. The standard InChI is InChI=1S/C19H21FN4S/c1-23-10-8-21-19(23)15-3-2-9-24(11-15)12-18-22-17(13-25-18)14-4-6-16(20)7-5-14/h4-8,10,13,15H,2-3,9,11-12H2,1H3. The number of nitrogens with zero attached hydrogens (tertiary/aromatic N) is 4. The van der Waals surface area contributed by atoms with Gasteiger partial charge in [-0.05, 0) is 43.7 Å². The first kappa shape index (κ1) is 16.4. The first-order chi connectivity index (χ1) is 12.2. The number of thiazole rings is 1. The molecule has 0 saturated carbocycles. The Morgan fingerprint density at radius 3 is 2.88 bits per heavy atom. The third-order valence-corrected chi connectivity index (χ3v) is 5.61. The van der Waals surface area contributed by atoms with Gasteiger partial charge in [-0.1, -0.05) is 0 Å². The van der Waals surface area contributed by atoms with Crippen LogP contribution < -0.4 is 0 Å². The van der Waals surface area contributed by atoms with E-state index >= 15 is 0 Å². The van der Waals surface area contributed by atoms with Crippen LogP contribution in [0.3, 0.4) is 0 Å². The van der Waals surface area contributed by atoms with Crippen LogP contribution in [0.4, 0.5) is 4.39 Å². The van der Waals surface area contributed by atoms with Crippen LogP contribution in [0.1, 0.15) is 29.6 Å². The van der Waals surface area contributed by atoms with Crippen molar-refractivity contribution >= 4 is 11.3 Å². The Kier molecular flexibility index (Phi) is 4.63. The molecule has 0 bridgehead atoms. The molecule has 0 amide bonds. The van der Waals surface area contributed by atoms with Gasteiger partial charge in [-0.2, -0.15) is 0 Å². The van der Waals surface area contributed by atoms with Gasteiger partial charge in [0.15, 0.2) is 0 Å². The average Bonchev–Trinajstić information content (AvgIpc) is 3.25. The Hall–Kier alpha value is -2.05. The van der Waals surface area contributed by atoms with Crippen molar-refractivity contribution in [3.05, 3.63) is 58.7 Å². The highest BCUT2D eigenvalue weighted by atomic mass is 32.1. The Morgan fingerprint density at radius 1 is 1.28 bits per heavy atom. The SMILES string of the molecule is Cn1ccnc1C1CCCN(Cc2nc(-c3ccc(F)cc3)cs2)C1. The van der Waals surface area contributed by atoms with Gasteiger partial charge in [0.2, 0.25) is 0 Å². The van der Waals surface area contributed by atoms with Crippen LogP contribution in [0, 0.1) is 5.82 Å². The van der Waals surface area contributed by atoms with E-state index in [-0.39, 0.29) is 5.82 Å². The Bertz CT molecular complexity index is 839. The van der Waals surface area contributed by atoms with Crippen molar-refractivity contribution in [2.45, 2.75) is 25.3 Å². The summed E-state index contributed by atoms with van der Waals surface area (Å²) in [6.07, 6.45) is 6.28. The van der Waals surface area contributed by atoms with Crippen LogP contribution in [0.2, 0.25) is 0 Å². The topological polar surface area (TPSA) is 34.0 Å². The van der Waals surface area contributed by atoms with Gasteiger partial charge in [0.1, 0.15) is 16.6 Å². The van der Waals surface area contributed by atoms with Gasteiger partial charge in [0.25, 0.3) is 0 Å². The van der Waals surface area contributed by atoms with Gasteiger partial charge >= 0.3 is 0 Å². The molecule has 4 rings (SSSR count). The molecule has 2 aromatic heterocycles. The van der Waals surface area contributed by atoms with Crippen LogP contribution in [-0.2, 0) is 13.6 Å². The van der Waals surface area contributed by atoms with E-state index in [4.69, 9.17) is 4.98 Å². The molecular weight excluding hydrogens is 335 g/mol. The van der Waals surface area contributed by atoms with Crippen molar-refractivity contribution in [1.29, 1.82) is 0 Å². The Morgan fingerprint density at radius 2 is 2.12 bits per heavy atom. The van der Waals surface area contributed by atoms with Crippen molar-refractivity contribution in [2.75, 3.05) is 13.1 Å². The fraction of sp³-hybridized carbons (Fsp3) is 0.368. The molecule has 0 radical (unpaired) electrons. The molecule has 4 nitrogen and oxygen atoms in total. The summed E-state index contributed by atoms with van der Waals surface area (Å²) in [4.78, 5) is 11.7. The lowest BCUT2D eigenvalue weighted by atomic mass is 9.97. The van der Waals surface area contributed by atoms with Crippen LogP contribution in [0.15, 0.2) is 42.0 Å². The van der Waals surface area contributed by atoms with Gasteiger partial charge in [-0.15, -0.1) is 11.3 Å². The van der Waals surface area contributed by atoms with Crippen LogP contribution in [0.25, 0.3) is 11.3 Å². The zero-order valence-corrected chi connectivity index (χ0v) is 15.0. The molecule has 1 unspecified atom stereocenters. The Labute approximate surface area is 151 Å². The van der Waals surface area contributed by atoms with E-state index in [0.717, 1.165) is 35.9 Å². The highest BCUT2D eigenvalue weighted by Gasteiger charge is 2.24. The number of likely N-dealkylation sites (tertiary alicyclic amines) is 1. The molecule has 1 aromatic carbocycles. The minimum Gasteiger partial charge on any atom is -0.338 e. The van der Waals surface area contributed by atoms with Gasteiger partial charge in [0.05, 0.1) is 12.2 Å². The lowest BCUT2D eigenvalue weighted by Crippen LogP contribution is -2.34. The molecule has 1 fully saturated rings. The van der Waals surface area contributed by atoms with Crippen molar-refractivity contribution < 1.29 is 4.39 Å². The number of rotatable bonds is 4. The number of aromatic nitrogens is 3. The molecule has 3 heterocycles. The molecule has 1 saturated heterocycles. The second-order valence-corrected chi connectivity index (χ2v) is 7.55. The van der Waals surface area contributed by atoms with Crippen LogP contribution in [0.5, 0.6) is 0 Å². The molecule has 6 heteroatoms. The molecule has 3 aromatic rings. The minimum absolute atomic E-state index is 0.215. The molecule has 0 aliphatic carbocycles. The quantitative estimate of drug-likeness (QED) is 0.707. The first-order valence-electron chi connectivity index (χ1n) is 8.59. The highest BCUT2D eigenvalue weighted by Crippen LogP contribution is 2.28. The molecule has 25 heavy (non-hydrogen) atoms. The van der Waals surface area contributed by atoms with E-state index in [1.807, 2.05) is 12.4 Å². The van der Waals surface area contributed by atoms with E-state index in [9.17, 15) is 4.39 Å². The van der Waals surface area contributed by atoms with E-state index < -0.39 is 0 Å². The van der Waals surface area contributed by atoms with E-state index in [1.165, 1.54) is 30.8 Å². The fourth-order valence-corrected chi connectivity index (χ4v) is 4.35. The number of halogens is 1. The lowest BCUT2D eigenvalue weighted by Gasteiger charge is -2.31. The summed E-state index contributed by atoms with van der Waals surface area (Å²) < 4.78 is 15.2. The smallest absolute Gasteiger partial charge is 0.123 e. The summed E-state index contributed by atoms with van der Waals surface area (Å²) in [5.74, 6) is 1.45. The number of piperidine rings is 1. The van der Waals surface area contributed by atoms with E-state index in [2.05, 4.69) is 26.9 Å². The third-order valence-electron chi connectivity index (χ3n) is 4.78. The van der Waals surface area contributed by atoms with Crippen LogP contribution in [-0.4, -0.2) is 32.5 Å². The molecule has 0 N–H and O–H groups in total. The van der Waals surface area contributed by atoms with Crippen molar-refractivity contribution in [3.8, 4) is 11.3 Å². The summed E-state index contributed by atoms with van der Waals surface area (Å²) >= 11 is 1.68. The van der Waals surface area contributed by atoms with E-state index in [1.54, 1.807) is 23.5 Å². The zero-order valence-electron chi connectivity index (χ0n) is 14.2. The summed E-state index contributed by atoms with van der Waals surface area (Å²) in [6.45, 7) is 3.00. The van der Waals surface area contributed by atoms with Gasteiger partial charge in [0, 0.05) is 42.8 Å². The van der Waals surface area contributed by atoms with Gasteiger partial charge in [-0.3, -0.25) is 4.90 Å². The molecule has 1 atom stereocenters. The van der Waals surface area contributed by atoms with E-state index in [0.29, 0.717) is 5.92 Å². The summed E-state index contributed by atoms with van der Waals surface area (Å²) in [5, 5.41) is 3.17. The maximum atomic E-state index is 13.1. The summed E-state index contributed by atoms with van der Waals surface area (Å²) in [7, 11) is 2.07. The second-order valence-electron chi connectivity index (χ2n) is 6.60. The molecular formula is C19H21FN4S. The average molecular weight is 356 g/mol. The number of aryl methyl sites for hydroxylation is 1.